The maximum atomic E-state index is 13.4. The third kappa shape index (κ3) is 4.74. The largest absolute Gasteiger partial charge is 0.449 e. The Labute approximate surface area is 137 Å². The molecule has 1 aliphatic rings. The van der Waals surface area contributed by atoms with Gasteiger partial charge in [-0.15, -0.1) is 0 Å². The van der Waals surface area contributed by atoms with E-state index in [2.05, 4.69) is 5.32 Å². The lowest BCUT2D eigenvalue weighted by Gasteiger charge is -2.32. The molecule has 6 heteroatoms. The van der Waals surface area contributed by atoms with Gasteiger partial charge in [-0.1, -0.05) is 13.8 Å². The van der Waals surface area contributed by atoms with Gasteiger partial charge in [-0.2, -0.15) is 0 Å². The van der Waals surface area contributed by atoms with Crippen molar-refractivity contribution >= 4 is 17.5 Å². The summed E-state index contributed by atoms with van der Waals surface area (Å²) in [4.78, 5) is 13.7. The molecule has 0 aromatic heterocycles. The molecule has 1 aromatic carbocycles. The van der Waals surface area contributed by atoms with Crippen molar-refractivity contribution in [2.75, 3.05) is 30.7 Å². The minimum absolute atomic E-state index is 0.219. The third-order valence-corrected chi connectivity index (χ3v) is 3.98. The molecule has 0 unspecified atom stereocenters. The molecule has 1 aliphatic heterocycles. The summed E-state index contributed by atoms with van der Waals surface area (Å²) in [5, 5.41) is 3.36. The summed E-state index contributed by atoms with van der Waals surface area (Å²) in [5.41, 5.74) is 7.59. The van der Waals surface area contributed by atoms with Crippen molar-refractivity contribution in [3.8, 4) is 0 Å². The monoisotopic (exact) mass is 323 g/mol. The molecule has 128 valence electrons. The lowest BCUT2D eigenvalue weighted by Crippen LogP contribution is -2.43. The van der Waals surface area contributed by atoms with Gasteiger partial charge in [0.1, 0.15) is 5.82 Å². The fourth-order valence-electron chi connectivity index (χ4n) is 2.58. The number of likely N-dealkylation sites (tertiary alicyclic amines) is 1. The summed E-state index contributed by atoms with van der Waals surface area (Å²) in [6.07, 6.45) is 1.38. The van der Waals surface area contributed by atoms with Crippen molar-refractivity contribution in [2.24, 2.45) is 5.92 Å². The van der Waals surface area contributed by atoms with E-state index in [1.807, 2.05) is 13.8 Å². The van der Waals surface area contributed by atoms with Crippen molar-refractivity contribution in [1.29, 1.82) is 0 Å². The zero-order valence-corrected chi connectivity index (χ0v) is 14.1. The first-order valence-electron chi connectivity index (χ1n) is 8.10. The average Bonchev–Trinajstić information content (AvgIpc) is 2.51. The van der Waals surface area contributed by atoms with Crippen LogP contribution in [0.2, 0.25) is 0 Å². The molecule has 2 rings (SSSR count). The number of hydrogen-bond acceptors (Lipinski definition) is 4. The summed E-state index contributed by atoms with van der Waals surface area (Å²) < 4.78 is 18.7. The first-order valence-corrected chi connectivity index (χ1v) is 8.10. The molecule has 1 heterocycles. The number of nitrogen functional groups attached to an aromatic ring is 1. The quantitative estimate of drug-likeness (QED) is 0.834. The van der Waals surface area contributed by atoms with E-state index < -0.39 is 0 Å². The van der Waals surface area contributed by atoms with Crippen molar-refractivity contribution in [1.82, 2.24) is 4.90 Å². The smallest absolute Gasteiger partial charge is 0.409 e. The van der Waals surface area contributed by atoms with Gasteiger partial charge in [0, 0.05) is 19.1 Å². The Balaban J connectivity index is 1.85. The second-order valence-corrected chi connectivity index (χ2v) is 6.57. The van der Waals surface area contributed by atoms with E-state index in [0.717, 1.165) is 18.5 Å². The molecule has 23 heavy (non-hydrogen) atoms. The number of ether oxygens (including phenoxy) is 1. The fraction of sp³-hybridized carbons (Fsp3) is 0.588. The zero-order valence-electron chi connectivity index (χ0n) is 14.1. The average molecular weight is 323 g/mol. The highest BCUT2D eigenvalue weighted by atomic mass is 19.1. The van der Waals surface area contributed by atoms with Gasteiger partial charge >= 0.3 is 6.09 Å². The number of hydrogen-bond donors (Lipinski definition) is 2. The predicted molar refractivity (Wildman–Crippen MR) is 90.0 cm³/mol. The van der Waals surface area contributed by atoms with Crippen molar-refractivity contribution < 1.29 is 13.9 Å². The first kappa shape index (κ1) is 17.4. The van der Waals surface area contributed by atoms with Crippen LogP contribution >= 0.6 is 0 Å². The highest BCUT2D eigenvalue weighted by Crippen LogP contribution is 2.25. The van der Waals surface area contributed by atoms with E-state index in [1.54, 1.807) is 17.9 Å². The Morgan fingerprint density at radius 3 is 2.70 bits per heavy atom. The maximum Gasteiger partial charge on any atom is 0.409 e. The number of nitrogens with one attached hydrogen (secondary N) is 1. The van der Waals surface area contributed by atoms with E-state index in [0.29, 0.717) is 36.9 Å². The molecule has 0 bridgehead atoms. The van der Waals surface area contributed by atoms with Gasteiger partial charge in [0.25, 0.3) is 0 Å². The molecular weight excluding hydrogens is 297 g/mol. The number of piperidine rings is 1. The van der Waals surface area contributed by atoms with E-state index in [-0.39, 0.29) is 18.0 Å². The molecule has 0 saturated carbocycles. The van der Waals surface area contributed by atoms with Crippen molar-refractivity contribution in [3.63, 3.8) is 0 Å². The van der Waals surface area contributed by atoms with Crippen LogP contribution in [0.1, 0.15) is 32.3 Å². The summed E-state index contributed by atoms with van der Waals surface area (Å²) in [5.74, 6) is 0.0404. The van der Waals surface area contributed by atoms with E-state index in [4.69, 9.17) is 10.5 Å². The molecule has 5 nitrogen and oxygen atoms in total. The number of rotatable bonds is 4. The van der Waals surface area contributed by atoms with Crippen molar-refractivity contribution in [2.45, 2.75) is 39.7 Å². The Morgan fingerprint density at radius 2 is 2.09 bits per heavy atom. The van der Waals surface area contributed by atoms with Crippen LogP contribution in [0.25, 0.3) is 0 Å². The Morgan fingerprint density at radius 1 is 1.43 bits per heavy atom. The molecule has 1 saturated heterocycles. The number of nitrogens with zero attached hydrogens (tertiary/aromatic N) is 1. The number of benzene rings is 1. The molecule has 3 N–H and O–H groups in total. The van der Waals surface area contributed by atoms with Crippen LogP contribution in [0.15, 0.2) is 12.1 Å². The molecule has 1 amide bonds. The lowest BCUT2D eigenvalue weighted by molar-refractivity contribution is 0.0845. The normalized spacial score (nSPS) is 15.8. The number of nitrogens with two attached hydrogens (primary N) is 1. The van der Waals surface area contributed by atoms with Gasteiger partial charge in [-0.05, 0) is 43.4 Å². The van der Waals surface area contributed by atoms with E-state index in [9.17, 15) is 9.18 Å². The lowest BCUT2D eigenvalue weighted by atomic mass is 10.0. The summed E-state index contributed by atoms with van der Waals surface area (Å²) in [7, 11) is 0. The minimum atomic E-state index is -0.296. The minimum Gasteiger partial charge on any atom is -0.449 e. The van der Waals surface area contributed by atoms with Crippen LogP contribution in [0.4, 0.5) is 20.6 Å². The van der Waals surface area contributed by atoms with Crippen LogP contribution in [-0.2, 0) is 4.74 Å². The molecule has 0 radical (unpaired) electrons. The van der Waals surface area contributed by atoms with Gasteiger partial charge in [-0.3, -0.25) is 0 Å². The van der Waals surface area contributed by atoms with Gasteiger partial charge in [0.2, 0.25) is 0 Å². The number of halogens is 1. The first-order chi connectivity index (χ1) is 10.9. The standard InChI is InChI=1S/C17H26FN3O2/c1-11(2)10-23-17(22)21-6-4-13(5-7-21)20-16-8-12(3)14(18)9-15(16)19/h8-9,11,13,20H,4-7,10,19H2,1-3H3. The fourth-order valence-corrected chi connectivity index (χ4v) is 2.58. The number of aryl methyl sites for hydroxylation is 1. The number of carbonyl (C=O) groups excluding carboxylic acids is 1. The highest BCUT2D eigenvalue weighted by Gasteiger charge is 2.24. The molecule has 0 atom stereocenters. The third-order valence-electron chi connectivity index (χ3n) is 3.98. The topological polar surface area (TPSA) is 67.6 Å². The molecular formula is C17H26FN3O2. The maximum absolute atomic E-state index is 13.4. The van der Waals surface area contributed by atoms with Crippen LogP contribution < -0.4 is 11.1 Å². The number of anilines is 2. The number of carbonyl (C=O) groups is 1. The van der Waals surface area contributed by atoms with Crippen LogP contribution in [0.3, 0.4) is 0 Å². The predicted octanol–water partition coefficient (Wildman–Crippen LogP) is 3.39. The summed E-state index contributed by atoms with van der Waals surface area (Å²) in [6, 6.07) is 3.29. The molecule has 1 fully saturated rings. The number of amides is 1. The van der Waals surface area contributed by atoms with Gasteiger partial charge in [0.15, 0.2) is 0 Å². The SMILES string of the molecule is Cc1cc(NC2CCN(C(=O)OCC(C)C)CC2)c(N)cc1F. The Kier molecular flexibility index (Phi) is 5.69. The Hall–Kier alpha value is -1.98. The van der Waals surface area contributed by atoms with Crippen molar-refractivity contribution in [3.05, 3.63) is 23.5 Å². The Bertz CT molecular complexity index is 555. The highest BCUT2D eigenvalue weighted by molar-refractivity contribution is 5.69. The van der Waals surface area contributed by atoms with Gasteiger partial charge in [-0.25, -0.2) is 9.18 Å². The zero-order chi connectivity index (χ0) is 17.0. The van der Waals surface area contributed by atoms with Crippen LogP contribution in [0, 0.1) is 18.7 Å². The van der Waals surface area contributed by atoms with E-state index in [1.165, 1.54) is 6.07 Å². The van der Waals surface area contributed by atoms with Gasteiger partial charge < -0.3 is 20.7 Å². The summed E-state index contributed by atoms with van der Waals surface area (Å²) >= 11 is 0. The van der Waals surface area contributed by atoms with Crippen LogP contribution in [-0.4, -0.2) is 36.7 Å². The van der Waals surface area contributed by atoms with Crippen LogP contribution in [0.5, 0.6) is 0 Å². The summed E-state index contributed by atoms with van der Waals surface area (Å²) in [6.45, 7) is 7.48. The second-order valence-electron chi connectivity index (χ2n) is 6.57. The van der Waals surface area contributed by atoms with Gasteiger partial charge in [0.05, 0.1) is 18.0 Å². The van der Waals surface area contributed by atoms with E-state index >= 15 is 0 Å². The molecule has 0 aliphatic carbocycles. The molecule has 1 aromatic rings. The molecule has 0 spiro atoms. The second kappa shape index (κ2) is 7.53.